The first-order valence-electron chi connectivity index (χ1n) is 27.3. The van der Waals surface area contributed by atoms with E-state index in [1.165, 1.54) is 53.5 Å². The van der Waals surface area contributed by atoms with E-state index in [4.69, 9.17) is 0 Å². The SMILES string of the molecule is C=C1CN(C(C)C)CCCN1.CC(C)N1CCc2cccnc2C1.CC(C)N1CCn2ccnc2C1.CC(C)N1CCn2ccnc2C1.CC(C)N1CCn2ncnc2C1.CC(C)N1Cc2ccccc2C1. The van der Waals surface area contributed by atoms with Crippen molar-refractivity contribution in [2.75, 3.05) is 45.8 Å². The topological polar surface area (TPSA) is 111 Å². The van der Waals surface area contributed by atoms with Crippen molar-refractivity contribution >= 4 is 0 Å². The molecule has 1 aromatic carbocycles. The fraction of sp³-hybridized carbons (Fsp3) is 0.632. The van der Waals surface area contributed by atoms with Crippen molar-refractivity contribution < 1.29 is 0 Å². The minimum atomic E-state index is 0.607. The molecule has 11 rings (SSSR count). The largest absolute Gasteiger partial charge is 0.388 e. The molecule has 0 spiro atoms. The average Bonchev–Trinajstić information content (AvgIpc) is 4.21. The van der Waals surface area contributed by atoms with E-state index < -0.39 is 0 Å². The lowest BCUT2D eigenvalue weighted by atomic mass is 10.0. The molecule has 0 unspecified atom stereocenters. The van der Waals surface area contributed by atoms with Crippen LogP contribution in [-0.2, 0) is 65.3 Å². The van der Waals surface area contributed by atoms with Gasteiger partial charge >= 0.3 is 0 Å². The highest BCUT2D eigenvalue weighted by Gasteiger charge is 2.23. The molecule has 0 radical (unpaired) electrons. The van der Waals surface area contributed by atoms with E-state index in [1.54, 1.807) is 6.33 Å². The van der Waals surface area contributed by atoms with Crippen molar-refractivity contribution in [1.82, 2.24) is 73.6 Å². The highest BCUT2D eigenvalue weighted by molar-refractivity contribution is 5.30. The van der Waals surface area contributed by atoms with Crippen molar-refractivity contribution in [3.8, 4) is 0 Å². The lowest BCUT2D eigenvalue weighted by molar-refractivity contribution is 0.167. The maximum Gasteiger partial charge on any atom is 0.141 e. The maximum atomic E-state index is 4.41. The van der Waals surface area contributed by atoms with Gasteiger partial charge in [-0.25, -0.2) is 19.6 Å². The lowest BCUT2D eigenvalue weighted by Crippen LogP contribution is -2.38. The fourth-order valence-electron chi connectivity index (χ4n) is 9.70. The number of nitrogens with one attached hydrogen (secondary N) is 1. The van der Waals surface area contributed by atoms with E-state index >= 15 is 0 Å². The number of hydrogen-bond acceptors (Lipinski definition) is 12. The second kappa shape index (κ2) is 28.1. The zero-order valence-corrected chi connectivity index (χ0v) is 46.6. The highest BCUT2D eigenvalue weighted by Crippen LogP contribution is 2.24. The number of rotatable bonds is 6. The molecule has 0 aliphatic carbocycles. The average molecular weight is 988 g/mol. The number of imidazole rings is 2. The summed E-state index contributed by atoms with van der Waals surface area (Å²) in [5, 5.41) is 7.42. The molecule has 1 saturated heterocycles. The summed E-state index contributed by atoms with van der Waals surface area (Å²) in [5.74, 6) is 3.50. The van der Waals surface area contributed by atoms with Crippen LogP contribution in [0, 0.1) is 0 Å². The van der Waals surface area contributed by atoms with Gasteiger partial charge in [-0.15, -0.1) is 0 Å². The molecular formula is C57H93N15. The number of nitrogens with zero attached hydrogens (tertiary/aromatic N) is 14. The maximum absolute atomic E-state index is 4.41. The molecule has 15 nitrogen and oxygen atoms in total. The molecule has 6 aliphatic heterocycles. The third kappa shape index (κ3) is 16.9. The van der Waals surface area contributed by atoms with Gasteiger partial charge in [0.15, 0.2) is 0 Å². The van der Waals surface area contributed by atoms with E-state index in [9.17, 15) is 0 Å². The lowest BCUT2D eigenvalue weighted by Gasteiger charge is -2.30. The molecule has 1 N–H and O–H groups in total. The van der Waals surface area contributed by atoms with Crippen molar-refractivity contribution in [2.24, 2.45) is 0 Å². The van der Waals surface area contributed by atoms with Gasteiger partial charge in [0.05, 0.1) is 31.9 Å². The van der Waals surface area contributed by atoms with Crippen LogP contribution >= 0.6 is 0 Å². The first kappa shape index (κ1) is 56.5. The summed E-state index contributed by atoms with van der Waals surface area (Å²) in [6.07, 6.45) is 13.8. The summed E-state index contributed by atoms with van der Waals surface area (Å²) in [6, 6.07) is 16.8. The predicted octanol–water partition coefficient (Wildman–Crippen LogP) is 8.18. The molecule has 0 amide bonds. The highest BCUT2D eigenvalue weighted by atomic mass is 15.4. The molecule has 0 atom stereocenters. The molecule has 15 heteroatoms. The minimum absolute atomic E-state index is 0.607. The molecule has 6 aliphatic rings. The molecule has 72 heavy (non-hydrogen) atoms. The number of hydrogen-bond donors (Lipinski definition) is 1. The van der Waals surface area contributed by atoms with Crippen molar-refractivity contribution in [3.05, 3.63) is 126 Å². The van der Waals surface area contributed by atoms with Crippen LogP contribution in [0.3, 0.4) is 0 Å². The van der Waals surface area contributed by atoms with E-state index in [1.807, 2.05) is 29.3 Å². The van der Waals surface area contributed by atoms with Gasteiger partial charge in [-0.05, 0) is 119 Å². The third-order valence-corrected chi connectivity index (χ3v) is 14.8. The Morgan fingerprint density at radius 3 is 1.47 bits per heavy atom. The zero-order valence-electron chi connectivity index (χ0n) is 46.6. The van der Waals surface area contributed by atoms with Crippen molar-refractivity contribution in [1.29, 1.82) is 0 Å². The summed E-state index contributed by atoms with van der Waals surface area (Å²) >= 11 is 0. The summed E-state index contributed by atoms with van der Waals surface area (Å²) < 4.78 is 6.46. The number of pyridine rings is 1. The second-order valence-electron chi connectivity index (χ2n) is 21.8. The van der Waals surface area contributed by atoms with Crippen LogP contribution in [0.5, 0.6) is 0 Å². The Kier molecular flexibility index (Phi) is 22.0. The van der Waals surface area contributed by atoms with Crippen LogP contribution in [0.4, 0.5) is 0 Å². The van der Waals surface area contributed by atoms with Crippen molar-refractivity contribution in [3.63, 3.8) is 0 Å². The van der Waals surface area contributed by atoms with E-state index in [0.29, 0.717) is 36.3 Å². The quantitative estimate of drug-likeness (QED) is 0.177. The normalized spacial score (nSPS) is 18.4. The summed E-state index contributed by atoms with van der Waals surface area (Å²) in [7, 11) is 0. The third-order valence-electron chi connectivity index (χ3n) is 14.8. The molecule has 10 heterocycles. The van der Waals surface area contributed by atoms with Gasteiger partial charge in [0.25, 0.3) is 0 Å². The van der Waals surface area contributed by atoms with Crippen molar-refractivity contribution in [2.45, 2.75) is 191 Å². The minimum Gasteiger partial charge on any atom is -0.388 e. The van der Waals surface area contributed by atoms with Gasteiger partial charge in [0, 0.05) is 151 Å². The first-order valence-corrected chi connectivity index (χ1v) is 27.3. The monoisotopic (exact) mass is 988 g/mol. The molecule has 0 bridgehead atoms. The van der Waals surface area contributed by atoms with Crippen LogP contribution in [0.25, 0.3) is 0 Å². The zero-order chi connectivity index (χ0) is 51.7. The molecule has 1 fully saturated rings. The first-order chi connectivity index (χ1) is 34.6. The van der Waals surface area contributed by atoms with Crippen LogP contribution in [0.1, 0.15) is 129 Å². The van der Waals surface area contributed by atoms with Gasteiger partial charge < -0.3 is 14.5 Å². The molecule has 0 saturated carbocycles. The Balaban J connectivity index is 0.000000141. The van der Waals surface area contributed by atoms with Gasteiger partial charge in [-0.2, -0.15) is 5.10 Å². The molecular weight excluding hydrogens is 895 g/mol. The molecule has 4 aromatic heterocycles. The number of fused-ring (bicyclic) bond motifs is 5. The fourth-order valence-corrected chi connectivity index (χ4v) is 9.70. The molecule has 396 valence electrons. The van der Waals surface area contributed by atoms with Gasteiger partial charge in [0.1, 0.15) is 23.8 Å². The summed E-state index contributed by atoms with van der Waals surface area (Å²) in [4.78, 5) is 31.9. The van der Waals surface area contributed by atoms with Gasteiger partial charge in [-0.1, -0.05) is 36.9 Å². The predicted molar refractivity (Wildman–Crippen MR) is 294 cm³/mol. The number of aromatic nitrogens is 8. The smallest absolute Gasteiger partial charge is 0.141 e. The second-order valence-corrected chi connectivity index (χ2v) is 21.8. The van der Waals surface area contributed by atoms with Crippen LogP contribution < -0.4 is 5.32 Å². The van der Waals surface area contributed by atoms with Crippen LogP contribution in [0.2, 0.25) is 0 Å². The summed E-state index contributed by atoms with van der Waals surface area (Å²) in [5.41, 5.74) is 6.87. The summed E-state index contributed by atoms with van der Waals surface area (Å²) in [6.45, 7) is 48.1. The van der Waals surface area contributed by atoms with E-state index in [2.05, 4.69) is 201 Å². The Morgan fingerprint density at radius 2 is 0.931 bits per heavy atom. The van der Waals surface area contributed by atoms with Gasteiger partial charge in [0.2, 0.25) is 0 Å². The Labute approximate surface area is 434 Å². The van der Waals surface area contributed by atoms with E-state index in [-0.39, 0.29) is 0 Å². The Morgan fingerprint density at radius 1 is 0.444 bits per heavy atom. The van der Waals surface area contributed by atoms with E-state index in [0.717, 1.165) is 110 Å². The number of benzene rings is 1. The van der Waals surface area contributed by atoms with Gasteiger partial charge in [-0.3, -0.25) is 34.4 Å². The Bertz CT molecular complexity index is 2170. The Hall–Kier alpha value is -4.77. The van der Waals surface area contributed by atoms with Crippen LogP contribution in [-0.4, -0.2) is 150 Å². The standard InChI is InChI=1S/C11H16N2.C11H15N.2C9H15N3.C9H18N2.C8H14N4/c1-9(2)13-7-5-10-4-3-6-12-11(10)8-13;1-9(2)12-7-10-5-3-4-6-11(10)8-12;2*1-8(2)12-6-5-11-4-3-10-9(11)7-12;1-8(2)11-6-4-5-10-9(3)7-11;1-7(2)11-3-4-12-8(5-11)9-6-10-12/h3-4,6,9H,5,7-8H2,1-2H3;3-6,9H,7-8H2,1-2H3;2*3-4,8H,5-7H2,1-2H3;8,10H,3-7H2,1-2H3;6-7H,3-5H2,1-2H3. The van der Waals surface area contributed by atoms with Crippen LogP contribution in [0.15, 0.2) is 86.0 Å². The molecule has 5 aromatic rings.